The van der Waals surface area contributed by atoms with Crippen LogP contribution in [-0.2, 0) is 0 Å². The van der Waals surface area contributed by atoms with Gasteiger partial charge in [0.15, 0.2) is 0 Å². The van der Waals surface area contributed by atoms with Gasteiger partial charge in [0.05, 0.1) is 6.07 Å². The number of nitriles is 1. The van der Waals surface area contributed by atoms with Gasteiger partial charge in [-0.3, -0.25) is 0 Å². The molecule has 1 N–H and O–H groups in total. The number of nitrogens with zero attached hydrogens (tertiary/aromatic N) is 3. The lowest BCUT2D eigenvalue weighted by Crippen LogP contribution is -2.42. The molecule has 0 radical (unpaired) electrons. The molecule has 0 aromatic heterocycles. The van der Waals surface area contributed by atoms with Crippen LogP contribution in [-0.4, -0.2) is 62.2 Å². The quantitative estimate of drug-likeness (QED) is 0.716. The van der Waals surface area contributed by atoms with Crippen molar-refractivity contribution in [2.75, 3.05) is 46.8 Å². The summed E-state index contributed by atoms with van der Waals surface area (Å²) in [5.74, 6) is 0. The summed E-state index contributed by atoms with van der Waals surface area (Å²) in [6.07, 6.45) is 3.59. The maximum absolute atomic E-state index is 9.06. The lowest BCUT2D eigenvalue weighted by atomic mass is 10.0. The number of likely N-dealkylation sites (tertiary alicyclic amines) is 1. The fraction of sp³-hybridized carbons (Fsp3) is 0.923. The third kappa shape index (κ3) is 5.03. The van der Waals surface area contributed by atoms with E-state index in [9.17, 15) is 0 Å². The molecule has 1 aliphatic heterocycles. The normalized spacial score (nSPS) is 20.4. The molecule has 0 aromatic carbocycles. The lowest BCUT2D eigenvalue weighted by Gasteiger charge is -2.26. The maximum Gasteiger partial charge on any atom is 0.104 e. The van der Waals surface area contributed by atoms with E-state index in [1.54, 1.807) is 0 Å². The van der Waals surface area contributed by atoms with Crippen molar-refractivity contribution in [3.63, 3.8) is 0 Å². The number of hydrogen-bond donors (Lipinski definition) is 1. The number of hydrogen-bond acceptors (Lipinski definition) is 4. The average Bonchev–Trinajstić information content (AvgIpc) is 2.86. The molecule has 98 valence electrons. The Bertz CT molecular complexity index is 255. The Morgan fingerprint density at radius 3 is 2.53 bits per heavy atom. The summed E-state index contributed by atoms with van der Waals surface area (Å²) in [5.41, 5.74) is -0.387. The third-order valence-corrected chi connectivity index (χ3v) is 3.79. The molecule has 0 aromatic rings. The van der Waals surface area contributed by atoms with Gasteiger partial charge in [-0.15, -0.1) is 0 Å². The first-order chi connectivity index (χ1) is 8.09. The van der Waals surface area contributed by atoms with Gasteiger partial charge >= 0.3 is 0 Å². The molecule has 17 heavy (non-hydrogen) atoms. The van der Waals surface area contributed by atoms with E-state index in [0.29, 0.717) is 0 Å². The lowest BCUT2D eigenvalue weighted by molar-refractivity contribution is 0.242. The Balaban J connectivity index is 2.16. The van der Waals surface area contributed by atoms with Crippen LogP contribution in [0.5, 0.6) is 0 Å². The summed E-state index contributed by atoms with van der Waals surface area (Å²) >= 11 is 0. The zero-order valence-corrected chi connectivity index (χ0v) is 11.5. The van der Waals surface area contributed by atoms with Gasteiger partial charge in [-0.1, -0.05) is 0 Å². The van der Waals surface area contributed by atoms with Gasteiger partial charge in [0.25, 0.3) is 0 Å². The smallest absolute Gasteiger partial charge is 0.104 e. The van der Waals surface area contributed by atoms with Crippen molar-refractivity contribution in [1.29, 1.82) is 5.26 Å². The van der Waals surface area contributed by atoms with Crippen molar-refractivity contribution in [1.82, 2.24) is 15.1 Å². The van der Waals surface area contributed by atoms with E-state index in [2.05, 4.69) is 28.2 Å². The van der Waals surface area contributed by atoms with Crippen LogP contribution < -0.4 is 5.32 Å². The minimum atomic E-state index is -0.387. The molecule has 0 aliphatic carbocycles. The highest BCUT2D eigenvalue weighted by molar-refractivity contribution is 5.03. The second-order valence-electron chi connectivity index (χ2n) is 5.30. The molecule has 1 saturated heterocycles. The summed E-state index contributed by atoms with van der Waals surface area (Å²) in [5, 5.41) is 12.1. The molecule has 4 nitrogen and oxygen atoms in total. The minimum absolute atomic E-state index is 0.387. The third-order valence-electron chi connectivity index (χ3n) is 3.79. The van der Waals surface area contributed by atoms with Crippen molar-refractivity contribution >= 4 is 0 Å². The zero-order valence-electron chi connectivity index (χ0n) is 11.5. The van der Waals surface area contributed by atoms with Crippen molar-refractivity contribution in [3.05, 3.63) is 0 Å². The predicted molar refractivity (Wildman–Crippen MR) is 70.9 cm³/mol. The summed E-state index contributed by atoms with van der Waals surface area (Å²) in [7, 11) is 4.00. The van der Waals surface area contributed by atoms with Crippen LogP contribution in [0.2, 0.25) is 0 Å². The van der Waals surface area contributed by atoms with Crippen LogP contribution in [0.3, 0.4) is 0 Å². The first-order valence-electron chi connectivity index (χ1n) is 6.61. The summed E-state index contributed by atoms with van der Waals surface area (Å²) in [4.78, 5) is 4.85. The highest BCUT2D eigenvalue weighted by Crippen LogP contribution is 2.09. The molecule has 1 rings (SSSR count). The average molecular weight is 238 g/mol. The van der Waals surface area contributed by atoms with E-state index in [0.717, 1.165) is 19.5 Å². The highest BCUT2D eigenvalue weighted by Gasteiger charge is 2.21. The van der Waals surface area contributed by atoms with Gasteiger partial charge in [-0.2, -0.15) is 5.26 Å². The van der Waals surface area contributed by atoms with Crippen LogP contribution in [0.1, 0.15) is 26.2 Å². The molecule has 0 spiro atoms. The molecule has 4 heteroatoms. The predicted octanol–water partition coefficient (Wildman–Crippen LogP) is 0.906. The van der Waals surface area contributed by atoms with Crippen molar-refractivity contribution < 1.29 is 0 Å². The first-order valence-corrected chi connectivity index (χ1v) is 6.61. The molecular weight excluding hydrogens is 212 g/mol. The molecule has 1 atom stereocenters. The van der Waals surface area contributed by atoms with E-state index >= 15 is 0 Å². The summed E-state index contributed by atoms with van der Waals surface area (Å²) < 4.78 is 0. The van der Waals surface area contributed by atoms with E-state index in [-0.39, 0.29) is 5.54 Å². The highest BCUT2D eigenvalue weighted by atomic mass is 15.2. The molecule has 0 bridgehead atoms. The van der Waals surface area contributed by atoms with Gasteiger partial charge in [0.2, 0.25) is 0 Å². The summed E-state index contributed by atoms with van der Waals surface area (Å²) in [6, 6.07) is 2.33. The SMILES string of the molecule is CNC(C)(C#N)CCN(C)CCN1CCCC1. The Morgan fingerprint density at radius 2 is 2.00 bits per heavy atom. The van der Waals surface area contributed by atoms with Crippen molar-refractivity contribution in [3.8, 4) is 6.07 Å². The fourth-order valence-corrected chi connectivity index (χ4v) is 2.08. The second kappa shape index (κ2) is 6.95. The van der Waals surface area contributed by atoms with Crippen LogP contribution in [0.25, 0.3) is 0 Å². The Labute approximate surface area is 106 Å². The van der Waals surface area contributed by atoms with E-state index < -0.39 is 0 Å². The molecule has 0 amide bonds. The standard InChI is InChI=1S/C13H26N4/c1-13(12-14,15-2)6-9-16(3)10-11-17-7-4-5-8-17/h15H,4-11H2,1-3H3. The van der Waals surface area contributed by atoms with E-state index in [4.69, 9.17) is 5.26 Å². The molecule has 1 aliphatic rings. The summed E-state index contributed by atoms with van der Waals surface area (Å²) in [6.45, 7) is 7.73. The Hall–Kier alpha value is -0.630. The zero-order chi connectivity index (χ0) is 12.7. The van der Waals surface area contributed by atoms with E-state index in [1.165, 1.54) is 32.5 Å². The number of nitrogens with one attached hydrogen (secondary N) is 1. The van der Waals surface area contributed by atoms with Gasteiger partial charge in [0, 0.05) is 19.6 Å². The van der Waals surface area contributed by atoms with Crippen LogP contribution >= 0.6 is 0 Å². The van der Waals surface area contributed by atoms with Gasteiger partial charge in [-0.25, -0.2) is 0 Å². The van der Waals surface area contributed by atoms with Gasteiger partial charge < -0.3 is 15.1 Å². The number of rotatable bonds is 7. The van der Waals surface area contributed by atoms with Gasteiger partial charge in [-0.05, 0) is 53.4 Å². The second-order valence-corrected chi connectivity index (χ2v) is 5.30. The van der Waals surface area contributed by atoms with Crippen LogP contribution in [0.15, 0.2) is 0 Å². The number of likely N-dealkylation sites (N-methyl/N-ethyl adjacent to an activating group) is 1. The fourth-order valence-electron chi connectivity index (χ4n) is 2.08. The monoisotopic (exact) mass is 238 g/mol. The maximum atomic E-state index is 9.06. The first kappa shape index (κ1) is 14.4. The largest absolute Gasteiger partial charge is 0.305 e. The van der Waals surface area contributed by atoms with E-state index in [1.807, 2.05) is 14.0 Å². The molecular formula is C13H26N4. The minimum Gasteiger partial charge on any atom is -0.305 e. The molecule has 1 unspecified atom stereocenters. The Kier molecular flexibility index (Phi) is 5.90. The molecule has 1 heterocycles. The van der Waals surface area contributed by atoms with Crippen molar-refractivity contribution in [2.24, 2.45) is 0 Å². The van der Waals surface area contributed by atoms with Crippen LogP contribution in [0, 0.1) is 11.3 Å². The van der Waals surface area contributed by atoms with Gasteiger partial charge in [0.1, 0.15) is 5.54 Å². The molecule has 0 saturated carbocycles. The topological polar surface area (TPSA) is 42.3 Å². The van der Waals surface area contributed by atoms with Crippen molar-refractivity contribution in [2.45, 2.75) is 31.7 Å². The Morgan fingerprint density at radius 1 is 1.35 bits per heavy atom. The van der Waals surface area contributed by atoms with Crippen LogP contribution in [0.4, 0.5) is 0 Å². The molecule has 1 fully saturated rings.